The molecule has 0 saturated carbocycles. The second-order valence-corrected chi connectivity index (χ2v) is 4.05. The van der Waals surface area contributed by atoms with E-state index >= 15 is 0 Å². The van der Waals surface area contributed by atoms with Gasteiger partial charge in [-0.25, -0.2) is 0 Å². The van der Waals surface area contributed by atoms with Gasteiger partial charge in [0.15, 0.2) is 0 Å². The third kappa shape index (κ3) is 1.56. The summed E-state index contributed by atoms with van der Waals surface area (Å²) < 4.78 is 1.60. The molecule has 6 nitrogen and oxygen atoms in total. The highest BCUT2D eigenvalue weighted by atomic mass is 16.4. The SMILES string of the molecule is CN1C(=O)C[C@H](C(=O)O)[C@H]1c1cnn(C)c1. The largest absolute Gasteiger partial charge is 0.481 e. The average molecular weight is 223 g/mol. The molecule has 0 radical (unpaired) electrons. The lowest BCUT2D eigenvalue weighted by Crippen LogP contribution is -2.26. The zero-order valence-electron chi connectivity index (χ0n) is 9.12. The van der Waals surface area contributed by atoms with Gasteiger partial charge in [-0.15, -0.1) is 0 Å². The molecular formula is C10H13N3O3. The number of aliphatic carboxylic acids is 1. The van der Waals surface area contributed by atoms with Crippen molar-refractivity contribution in [3.8, 4) is 0 Å². The molecule has 86 valence electrons. The Bertz CT molecular complexity index is 440. The van der Waals surface area contributed by atoms with Crippen LogP contribution in [-0.4, -0.2) is 38.7 Å². The molecule has 6 heteroatoms. The van der Waals surface area contributed by atoms with Crippen LogP contribution in [0.25, 0.3) is 0 Å². The number of amides is 1. The first kappa shape index (κ1) is 10.7. The standard InChI is InChI=1S/C10H13N3O3/c1-12-5-6(4-11-12)9-7(10(15)16)3-8(14)13(9)2/h4-5,7,9H,3H2,1-2H3,(H,15,16)/t7-,9+/m0/s1. The van der Waals surface area contributed by atoms with Crippen LogP contribution in [0.15, 0.2) is 12.4 Å². The summed E-state index contributed by atoms with van der Waals surface area (Å²) in [5.41, 5.74) is 0.767. The molecule has 16 heavy (non-hydrogen) atoms. The Kier molecular flexibility index (Phi) is 2.41. The Balaban J connectivity index is 2.36. The van der Waals surface area contributed by atoms with Gasteiger partial charge in [0.2, 0.25) is 5.91 Å². The van der Waals surface area contributed by atoms with Crippen LogP contribution in [0, 0.1) is 5.92 Å². The molecule has 1 N–H and O–H groups in total. The summed E-state index contributed by atoms with van der Waals surface area (Å²) >= 11 is 0. The van der Waals surface area contributed by atoms with Gasteiger partial charge in [0, 0.05) is 32.3 Å². The van der Waals surface area contributed by atoms with Gasteiger partial charge in [0.05, 0.1) is 18.2 Å². The van der Waals surface area contributed by atoms with E-state index in [1.165, 1.54) is 4.90 Å². The van der Waals surface area contributed by atoms with E-state index in [0.717, 1.165) is 5.56 Å². The Morgan fingerprint density at radius 2 is 2.25 bits per heavy atom. The van der Waals surface area contributed by atoms with Crippen molar-refractivity contribution in [1.82, 2.24) is 14.7 Å². The van der Waals surface area contributed by atoms with Crippen molar-refractivity contribution in [2.24, 2.45) is 13.0 Å². The van der Waals surface area contributed by atoms with Gasteiger partial charge in [0.25, 0.3) is 0 Å². The van der Waals surface area contributed by atoms with E-state index < -0.39 is 17.9 Å². The molecule has 1 aliphatic rings. The third-order valence-corrected chi connectivity index (χ3v) is 2.97. The Morgan fingerprint density at radius 3 is 2.75 bits per heavy atom. The van der Waals surface area contributed by atoms with Crippen LogP contribution < -0.4 is 0 Å². The minimum Gasteiger partial charge on any atom is -0.481 e. The second-order valence-electron chi connectivity index (χ2n) is 4.05. The first-order valence-corrected chi connectivity index (χ1v) is 4.97. The van der Waals surface area contributed by atoms with Crippen LogP contribution >= 0.6 is 0 Å². The number of rotatable bonds is 2. The maximum atomic E-state index is 11.5. The lowest BCUT2D eigenvalue weighted by atomic mass is 9.96. The number of carbonyl (C=O) groups is 2. The van der Waals surface area contributed by atoms with E-state index in [4.69, 9.17) is 5.11 Å². The van der Waals surface area contributed by atoms with E-state index in [-0.39, 0.29) is 12.3 Å². The van der Waals surface area contributed by atoms with E-state index in [9.17, 15) is 9.59 Å². The molecule has 1 fully saturated rings. The minimum atomic E-state index is -0.938. The molecule has 0 aliphatic carbocycles. The highest BCUT2D eigenvalue weighted by Gasteiger charge is 2.43. The van der Waals surface area contributed by atoms with Gasteiger partial charge >= 0.3 is 5.97 Å². The summed E-state index contributed by atoms with van der Waals surface area (Å²) in [5.74, 6) is -1.76. The van der Waals surface area contributed by atoms with Crippen molar-refractivity contribution < 1.29 is 14.7 Å². The number of likely N-dealkylation sites (tertiary alicyclic amines) is 1. The molecule has 1 saturated heterocycles. The monoisotopic (exact) mass is 223 g/mol. The number of aromatic nitrogens is 2. The van der Waals surface area contributed by atoms with E-state index in [1.54, 1.807) is 31.2 Å². The van der Waals surface area contributed by atoms with Gasteiger partial charge in [-0.05, 0) is 0 Å². The number of hydrogen-bond donors (Lipinski definition) is 1. The molecule has 1 aromatic heterocycles. The summed E-state index contributed by atoms with van der Waals surface area (Å²) in [6, 6.07) is -0.404. The third-order valence-electron chi connectivity index (χ3n) is 2.97. The molecule has 1 amide bonds. The number of nitrogens with zero attached hydrogens (tertiary/aromatic N) is 3. The molecule has 2 heterocycles. The van der Waals surface area contributed by atoms with Gasteiger partial charge in [0.1, 0.15) is 0 Å². The molecule has 0 unspecified atom stereocenters. The summed E-state index contributed by atoms with van der Waals surface area (Å²) in [6.07, 6.45) is 3.41. The van der Waals surface area contributed by atoms with Gasteiger partial charge < -0.3 is 10.0 Å². The van der Waals surface area contributed by atoms with Crippen molar-refractivity contribution in [2.75, 3.05) is 7.05 Å². The van der Waals surface area contributed by atoms with Gasteiger partial charge in [-0.1, -0.05) is 0 Å². The zero-order valence-corrected chi connectivity index (χ0v) is 9.12. The second kappa shape index (κ2) is 3.62. The topological polar surface area (TPSA) is 75.4 Å². The fourth-order valence-corrected chi connectivity index (χ4v) is 2.14. The highest BCUT2D eigenvalue weighted by Crippen LogP contribution is 2.36. The predicted molar refractivity (Wildman–Crippen MR) is 54.5 cm³/mol. The van der Waals surface area contributed by atoms with E-state index in [1.807, 2.05) is 0 Å². The van der Waals surface area contributed by atoms with E-state index in [0.29, 0.717) is 0 Å². The van der Waals surface area contributed by atoms with Gasteiger partial charge in [-0.2, -0.15) is 5.10 Å². The molecule has 1 aromatic rings. The number of carbonyl (C=O) groups excluding carboxylic acids is 1. The summed E-state index contributed by atoms with van der Waals surface area (Å²) in [7, 11) is 3.39. The quantitative estimate of drug-likeness (QED) is 0.767. The lowest BCUT2D eigenvalue weighted by molar-refractivity contribution is -0.142. The fraction of sp³-hybridized carbons (Fsp3) is 0.500. The number of carboxylic acids is 1. The first-order chi connectivity index (χ1) is 7.50. The number of aryl methyl sites for hydroxylation is 1. The van der Waals surface area contributed by atoms with Crippen LogP contribution in [0.5, 0.6) is 0 Å². The summed E-state index contributed by atoms with van der Waals surface area (Å²) in [6.45, 7) is 0. The molecule has 0 bridgehead atoms. The highest BCUT2D eigenvalue weighted by molar-refractivity contribution is 5.87. The Hall–Kier alpha value is -1.85. The van der Waals surface area contributed by atoms with Crippen LogP contribution in [0.2, 0.25) is 0 Å². The van der Waals surface area contributed by atoms with Crippen molar-refractivity contribution in [3.05, 3.63) is 18.0 Å². The van der Waals surface area contributed by atoms with Crippen molar-refractivity contribution in [3.63, 3.8) is 0 Å². The first-order valence-electron chi connectivity index (χ1n) is 4.97. The minimum absolute atomic E-state index is 0.0609. The average Bonchev–Trinajstić information content (AvgIpc) is 2.73. The van der Waals surface area contributed by atoms with Crippen LogP contribution in [-0.2, 0) is 16.6 Å². The van der Waals surface area contributed by atoms with Gasteiger partial charge in [-0.3, -0.25) is 14.3 Å². The van der Waals surface area contributed by atoms with Crippen LogP contribution in [0.1, 0.15) is 18.0 Å². The van der Waals surface area contributed by atoms with Crippen LogP contribution in [0.3, 0.4) is 0 Å². The molecule has 2 atom stereocenters. The lowest BCUT2D eigenvalue weighted by Gasteiger charge is -2.21. The predicted octanol–water partition coefficient (Wildman–Crippen LogP) is 0.0241. The maximum absolute atomic E-state index is 11.5. The van der Waals surface area contributed by atoms with E-state index in [2.05, 4.69) is 5.10 Å². The summed E-state index contributed by atoms with van der Waals surface area (Å²) in [4.78, 5) is 24.1. The molecular weight excluding hydrogens is 210 g/mol. The van der Waals surface area contributed by atoms with Crippen molar-refractivity contribution in [2.45, 2.75) is 12.5 Å². The maximum Gasteiger partial charge on any atom is 0.309 e. The fourth-order valence-electron chi connectivity index (χ4n) is 2.14. The molecule has 0 spiro atoms. The number of carboxylic acid groups (broad SMARTS) is 1. The van der Waals surface area contributed by atoms with Crippen LogP contribution in [0.4, 0.5) is 0 Å². The molecule has 2 rings (SSSR count). The Labute approximate surface area is 92.5 Å². The number of hydrogen-bond acceptors (Lipinski definition) is 3. The normalized spacial score (nSPS) is 25.1. The molecule has 0 aromatic carbocycles. The summed E-state index contributed by atoms with van der Waals surface area (Å²) in [5, 5.41) is 13.1. The Morgan fingerprint density at radius 1 is 1.56 bits per heavy atom. The zero-order chi connectivity index (χ0) is 11.9. The molecule has 1 aliphatic heterocycles. The van der Waals surface area contributed by atoms with Crippen molar-refractivity contribution in [1.29, 1.82) is 0 Å². The van der Waals surface area contributed by atoms with Crippen molar-refractivity contribution >= 4 is 11.9 Å². The smallest absolute Gasteiger partial charge is 0.309 e.